The summed E-state index contributed by atoms with van der Waals surface area (Å²) < 4.78 is 13.6. The number of anilines is 1. The van der Waals surface area contributed by atoms with Gasteiger partial charge in [0.05, 0.1) is 5.56 Å². The molecule has 1 aliphatic rings. The van der Waals surface area contributed by atoms with E-state index < -0.39 is 11.6 Å². The minimum atomic E-state index is -0.769. The van der Waals surface area contributed by atoms with E-state index in [0.29, 0.717) is 11.8 Å². The minimum absolute atomic E-state index is 0.293. The third-order valence-electron chi connectivity index (χ3n) is 4.17. The van der Waals surface area contributed by atoms with Gasteiger partial charge in [-0.15, -0.1) is 0 Å². The zero-order valence-corrected chi connectivity index (χ0v) is 13.3. The minimum Gasteiger partial charge on any atom is -0.507 e. The summed E-state index contributed by atoms with van der Waals surface area (Å²) in [6.07, 6.45) is 4.05. The highest BCUT2D eigenvalue weighted by molar-refractivity contribution is 5.80. The Kier molecular flexibility index (Phi) is 4.81. The predicted molar refractivity (Wildman–Crippen MR) is 91.9 cm³/mol. The van der Waals surface area contributed by atoms with Crippen LogP contribution in [0.25, 0.3) is 0 Å². The molecule has 1 heterocycles. The quantitative estimate of drug-likeness (QED) is 0.676. The molecule has 0 unspecified atom stereocenters. The maximum absolute atomic E-state index is 13.6. The number of carbonyl (C=O) groups is 1. The van der Waals surface area contributed by atoms with Crippen LogP contribution in [0.1, 0.15) is 40.7 Å². The third-order valence-corrected chi connectivity index (χ3v) is 4.17. The summed E-state index contributed by atoms with van der Waals surface area (Å²) in [7, 11) is 0. The van der Waals surface area contributed by atoms with Gasteiger partial charge in [0.2, 0.25) is 0 Å². The van der Waals surface area contributed by atoms with E-state index in [1.165, 1.54) is 31.0 Å². The average molecular weight is 323 g/mol. The highest BCUT2D eigenvalue weighted by Gasteiger charge is 2.10. The summed E-state index contributed by atoms with van der Waals surface area (Å²) in [5, 5.41) is 9.61. The Morgan fingerprint density at radius 1 is 1.00 bits per heavy atom. The average Bonchev–Trinajstić information content (AvgIpc) is 2.61. The fraction of sp³-hybridized carbons (Fsp3) is 0.250. The first-order chi connectivity index (χ1) is 11.7. The second kappa shape index (κ2) is 7.18. The SMILES string of the molecule is O=Cc1c(O)cc(C#Cc2ccc(N3CCCCC3)cc2)cc1F. The lowest BCUT2D eigenvalue weighted by atomic mass is 10.1. The number of hydrogen-bond donors (Lipinski definition) is 1. The molecule has 0 atom stereocenters. The molecular formula is C20H18FNO2. The number of hydrogen-bond acceptors (Lipinski definition) is 3. The molecule has 0 bridgehead atoms. The molecule has 4 heteroatoms. The van der Waals surface area contributed by atoms with Crippen LogP contribution >= 0.6 is 0 Å². The highest BCUT2D eigenvalue weighted by atomic mass is 19.1. The number of piperidine rings is 1. The molecule has 1 N–H and O–H groups in total. The number of halogens is 1. The van der Waals surface area contributed by atoms with E-state index >= 15 is 0 Å². The van der Waals surface area contributed by atoms with E-state index in [-0.39, 0.29) is 5.56 Å². The number of benzene rings is 2. The summed E-state index contributed by atoms with van der Waals surface area (Å²) >= 11 is 0. The number of phenolic OH excluding ortho intramolecular Hbond substituents is 1. The Morgan fingerprint density at radius 3 is 2.29 bits per heavy atom. The Bertz CT molecular complexity index is 774. The van der Waals surface area contributed by atoms with Crippen molar-refractivity contribution in [2.45, 2.75) is 19.3 Å². The maximum Gasteiger partial charge on any atom is 0.156 e. The summed E-state index contributed by atoms with van der Waals surface area (Å²) in [5.41, 5.74) is 2.00. The maximum atomic E-state index is 13.6. The van der Waals surface area contributed by atoms with Crippen LogP contribution in [0.3, 0.4) is 0 Å². The molecule has 3 nitrogen and oxygen atoms in total. The molecular weight excluding hydrogens is 305 g/mol. The zero-order chi connectivity index (χ0) is 16.9. The molecule has 0 amide bonds. The number of aldehydes is 1. The molecule has 0 aromatic heterocycles. The van der Waals surface area contributed by atoms with Crippen molar-refractivity contribution in [3.8, 4) is 17.6 Å². The normalized spacial score (nSPS) is 14.0. The van der Waals surface area contributed by atoms with Gasteiger partial charge in [0.1, 0.15) is 11.6 Å². The van der Waals surface area contributed by atoms with Gasteiger partial charge >= 0.3 is 0 Å². The lowest BCUT2D eigenvalue weighted by Gasteiger charge is -2.28. The number of carbonyl (C=O) groups excluding carboxylic acids is 1. The second-order valence-electron chi connectivity index (χ2n) is 5.85. The topological polar surface area (TPSA) is 40.5 Å². The van der Waals surface area contributed by atoms with E-state index in [0.717, 1.165) is 24.7 Å². The largest absolute Gasteiger partial charge is 0.507 e. The standard InChI is InChI=1S/C20H18FNO2/c21-19-12-16(13-20(24)18(19)14-23)5-4-15-6-8-17(9-7-15)22-10-2-1-3-11-22/h6-9,12-14,24H,1-3,10-11H2. The van der Waals surface area contributed by atoms with Crippen LogP contribution in [0.2, 0.25) is 0 Å². The van der Waals surface area contributed by atoms with Gasteiger partial charge in [0.15, 0.2) is 6.29 Å². The number of nitrogens with zero attached hydrogens (tertiary/aromatic N) is 1. The zero-order valence-electron chi connectivity index (χ0n) is 13.3. The van der Waals surface area contributed by atoms with Crippen molar-refractivity contribution in [2.75, 3.05) is 18.0 Å². The van der Waals surface area contributed by atoms with Crippen molar-refractivity contribution < 1.29 is 14.3 Å². The van der Waals surface area contributed by atoms with Crippen LogP contribution in [0.4, 0.5) is 10.1 Å². The molecule has 2 aromatic rings. The van der Waals surface area contributed by atoms with Crippen molar-refractivity contribution in [3.05, 3.63) is 58.9 Å². The Hall–Kier alpha value is -2.80. The lowest BCUT2D eigenvalue weighted by Crippen LogP contribution is -2.29. The van der Waals surface area contributed by atoms with Crippen molar-refractivity contribution >= 4 is 12.0 Å². The lowest BCUT2D eigenvalue weighted by molar-refractivity contribution is 0.111. The number of aromatic hydroxyl groups is 1. The fourth-order valence-electron chi connectivity index (χ4n) is 2.84. The summed E-state index contributed by atoms with van der Waals surface area (Å²) in [4.78, 5) is 13.0. The van der Waals surface area contributed by atoms with Gasteiger partial charge in [-0.2, -0.15) is 0 Å². The third kappa shape index (κ3) is 3.57. The van der Waals surface area contributed by atoms with Crippen molar-refractivity contribution in [1.29, 1.82) is 0 Å². The number of phenols is 1. The van der Waals surface area contributed by atoms with Gasteiger partial charge in [-0.05, 0) is 55.7 Å². The van der Waals surface area contributed by atoms with E-state index in [1.807, 2.05) is 24.3 Å². The van der Waals surface area contributed by atoms with Crippen LogP contribution in [0, 0.1) is 17.7 Å². The van der Waals surface area contributed by atoms with E-state index in [1.54, 1.807) is 0 Å². The molecule has 0 saturated carbocycles. The Labute approximate surface area is 140 Å². The first kappa shape index (κ1) is 16.1. The fourth-order valence-corrected chi connectivity index (χ4v) is 2.84. The summed E-state index contributed by atoms with van der Waals surface area (Å²) in [6, 6.07) is 10.4. The van der Waals surface area contributed by atoms with Gasteiger partial charge in [0, 0.05) is 29.9 Å². The van der Waals surface area contributed by atoms with E-state index in [4.69, 9.17) is 0 Å². The molecule has 0 radical (unpaired) electrons. The van der Waals surface area contributed by atoms with Crippen LogP contribution < -0.4 is 4.90 Å². The predicted octanol–water partition coefficient (Wildman–Crippen LogP) is 3.73. The first-order valence-electron chi connectivity index (χ1n) is 8.02. The van der Waals surface area contributed by atoms with Crippen LogP contribution in [-0.2, 0) is 0 Å². The molecule has 2 aromatic carbocycles. The van der Waals surface area contributed by atoms with Gasteiger partial charge in [-0.25, -0.2) is 4.39 Å². The molecule has 0 aliphatic carbocycles. The Balaban J connectivity index is 1.77. The van der Waals surface area contributed by atoms with E-state index in [9.17, 15) is 14.3 Å². The molecule has 122 valence electrons. The molecule has 3 rings (SSSR count). The molecule has 1 saturated heterocycles. The Morgan fingerprint density at radius 2 is 1.67 bits per heavy atom. The first-order valence-corrected chi connectivity index (χ1v) is 8.02. The molecule has 24 heavy (non-hydrogen) atoms. The van der Waals surface area contributed by atoms with Crippen LogP contribution in [0.5, 0.6) is 5.75 Å². The van der Waals surface area contributed by atoms with Crippen molar-refractivity contribution in [1.82, 2.24) is 0 Å². The molecule has 1 aliphatic heterocycles. The second-order valence-corrected chi connectivity index (χ2v) is 5.85. The van der Waals surface area contributed by atoms with Gasteiger partial charge in [-0.1, -0.05) is 11.8 Å². The smallest absolute Gasteiger partial charge is 0.156 e. The van der Waals surface area contributed by atoms with E-state index in [2.05, 4.69) is 16.7 Å². The highest BCUT2D eigenvalue weighted by Crippen LogP contribution is 2.21. The molecule has 1 fully saturated rings. The van der Waals surface area contributed by atoms with Crippen molar-refractivity contribution in [2.24, 2.45) is 0 Å². The van der Waals surface area contributed by atoms with Crippen LogP contribution in [0.15, 0.2) is 36.4 Å². The number of rotatable bonds is 2. The van der Waals surface area contributed by atoms with Gasteiger partial charge in [-0.3, -0.25) is 4.79 Å². The summed E-state index contributed by atoms with van der Waals surface area (Å²) in [5.74, 6) is 4.60. The van der Waals surface area contributed by atoms with Gasteiger partial charge < -0.3 is 10.0 Å². The van der Waals surface area contributed by atoms with Crippen LogP contribution in [-0.4, -0.2) is 24.5 Å². The van der Waals surface area contributed by atoms with Crippen molar-refractivity contribution in [3.63, 3.8) is 0 Å². The molecule has 0 spiro atoms. The monoisotopic (exact) mass is 323 g/mol. The summed E-state index contributed by atoms with van der Waals surface area (Å²) in [6.45, 7) is 2.18. The van der Waals surface area contributed by atoms with Gasteiger partial charge in [0.25, 0.3) is 0 Å².